The number of hydrogen-bond donors (Lipinski definition) is 1. The summed E-state index contributed by atoms with van der Waals surface area (Å²) in [5.74, 6) is -3.79. The number of benzene rings is 1. The molecule has 0 bridgehead atoms. The minimum atomic E-state index is -1.04. The fourth-order valence-corrected chi connectivity index (χ4v) is 1.57. The van der Waals surface area contributed by atoms with E-state index in [0.717, 1.165) is 18.2 Å². The van der Waals surface area contributed by atoms with Crippen LogP contribution in [-0.2, 0) is 9.53 Å². The van der Waals surface area contributed by atoms with Gasteiger partial charge < -0.3 is 10.1 Å². The van der Waals surface area contributed by atoms with Gasteiger partial charge in [-0.15, -0.1) is 0 Å². The normalized spacial score (nSPS) is 11.4. The average Bonchev–Trinajstić information content (AvgIpc) is 2.37. The van der Waals surface area contributed by atoms with Gasteiger partial charge in [0.2, 0.25) is 0 Å². The zero-order valence-corrected chi connectivity index (χ0v) is 12.1. The van der Waals surface area contributed by atoms with E-state index in [1.54, 1.807) is 20.8 Å². The minimum absolute atomic E-state index is 0.140. The Balaban J connectivity index is 2.97. The van der Waals surface area contributed by atoms with Crippen molar-refractivity contribution in [2.24, 2.45) is 0 Å². The Labute approximate surface area is 121 Å². The van der Waals surface area contributed by atoms with Gasteiger partial charge in [0.25, 0.3) is 5.91 Å². The summed E-state index contributed by atoms with van der Waals surface area (Å²) in [4.78, 5) is 23.7. The molecule has 0 spiro atoms. The average molecular weight is 297 g/mol. The van der Waals surface area contributed by atoms with Crippen molar-refractivity contribution in [1.82, 2.24) is 5.32 Å². The SMILES string of the molecule is CC/C=C(\NC(=O)c1c(F)cccc1F)C(=O)OC(C)C. The highest BCUT2D eigenvalue weighted by Crippen LogP contribution is 2.13. The Morgan fingerprint density at radius 3 is 2.33 bits per heavy atom. The number of hydrogen-bond acceptors (Lipinski definition) is 3. The largest absolute Gasteiger partial charge is 0.458 e. The molecular formula is C15H17F2NO3. The third-order valence-corrected chi connectivity index (χ3v) is 2.41. The lowest BCUT2D eigenvalue weighted by Gasteiger charge is -2.12. The molecule has 0 aliphatic carbocycles. The van der Waals surface area contributed by atoms with E-state index >= 15 is 0 Å². The smallest absolute Gasteiger partial charge is 0.354 e. The number of halogens is 2. The van der Waals surface area contributed by atoms with Crippen LogP contribution in [0, 0.1) is 11.6 Å². The van der Waals surface area contributed by atoms with Crippen LogP contribution in [-0.4, -0.2) is 18.0 Å². The van der Waals surface area contributed by atoms with E-state index in [4.69, 9.17) is 4.74 Å². The second kappa shape index (κ2) is 7.52. The Kier molecular flexibility index (Phi) is 6.02. The van der Waals surface area contributed by atoms with Crippen molar-refractivity contribution in [2.45, 2.75) is 33.3 Å². The summed E-state index contributed by atoms with van der Waals surface area (Å²) in [5.41, 5.74) is -0.879. The van der Waals surface area contributed by atoms with Gasteiger partial charge in [-0.05, 0) is 32.4 Å². The first-order chi connectivity index (χ1) is 9.86. The molecule has 6 heteroatoms. The third kappa shape index (κ3) is 4.66. The molecule has 0 aliphatic heterocycles. The summed E-state index contributed by atoms with van der Waals surface area (Å²) in [6.07, 6.45) is 1.49. The lowest BCUT2D eigenvalue weighted by molar-refractivity contribution is -0.143. The maximum Gasteiger partial charge on any atom is 0.354 e. The second-order valence-electron chi connectivity index (χ2n) is 4.53. The quantitative estimate of drug-likeness (QED) is 0.671. The van der Waals surface area contributed by atoms with Crippen molar-refractivity contribution in [1.29, 1.82) is 0 Å². The number of rotatable bonds is 5. The monoisotopic (exact) mass is 297 g/mol. The Hall–Kier alpha value is -2.24. The number of allylic oxidation sites excluding steroid dienone is 1. The van der Waals surface area contributed by atoms with Crippen LogP contribution in [0.1, 0.15) is 37.6 Å². The highest BCUT2D eigenvalue weighted by Gasteiger charge is 2.21. The van der Waals surface area contributed by atoms with E-state index < -0.39 is 29.1 Å². The van der Waals surface area contributed by atoms with E-state index in [-0.39, 0.29) is 11.8 Å². The number of carbonyl (C=O) groups excluding carboxylic acids is 2. The summed E-state index contributed by atoms with van der Waals surface area (Å²) in [5, 5.41) is 2.19. The van der Waals surface area contributed by atoms with E-state index in [0.29, 0.717) is 6.42 Å². The lowest BCUT2D eigenvalue weighted by Crippen LogP contribution is -2.31. The van der Waals surface area contributed by atoms with Crippen LogP contribution >= 0.6 is 0 Å². The molecule has 0 fully saturated rings. The molecule has 21 heavy (non-hydrogen) atoms. The lowest BCUT2D eigenvalue weighted by atomic mass is 10.1. The molecule has 0 atom stereocenters. The molecule has 1 N–H and O–H groups in total. The Morgan fingerprint density at radius 1 is 1.29 bits per heavy atom. The summed E-state index contributed by atoms with van der Waals surface area (Å²) in [7, 11) is 0. The van der Waals surface area contributed by atoms with Crippen molar-refractivity contribution in [2.75, 3.05) is 0 Å². The Bertz CT molecular complexity index is 548. The van der Waals surface area contributed by atoms with Crippen molar-refractivity contribution >= 4 is 11.9 Å². The maximum absolute atomic E-state index is 13.5. The van der Waals surface area contributed by atoms with Crippen LogP contribution in [0.3, 0.4) is 0 Å². The summed E-state index contributed by atoms with van der Waals surface area (Å²) in [6.45, 7) is 5.05. The molecule has 4 nitrogen and oxygen atoms in total. The molecule has 0 saturated carbocycles. The third-order valence-electron chi connectivity index (χ3n) is 2.41. The molecule has 0 unspecified atom stereocenters. The molecule has 0 radical (unpaired) electrons. The molecule has 0 heterocycles. The van der Waals surface area contributed by atoms with E-state index in [2.05, 4.69) is 5.32 Å². The molecular weight excluding hydrogens is 280 g/mol. The fourth-order valence-electron chi connectivity index (χ4n) is 1.57. The first-order valence-corrected chi connectivity index (χ1v) is 6.53. The van der Waals surface area contributed by atoms with Gasteiger partial charge in [-0.1, -0.05) is 19.1 Å². The zero-order valence-electron chi connectivity index (χ0n) is 12.1. The number of amides is 1. The van der Waals surface area contributed by atoms with Gasteiger partial charge in [0.05, 0.1) is 6.10 Å². The van der Waals surface area contributed by atoms with Gasteiger partial charge in [0.15, 0.2) is 0 Å². The van der Waals surface area contributed by atoms with Crippen LogP contribution in [0.25, 0.3) is 0 Å². The molecule has 1 rings (SSSR count). The predicted octanol–water partition coefficient (Wildman–Crippen LogP) is 2.94. The van der Waals surface area contributed by atoms with Crippen LogP contribution in [0.5, 0.6) is 0 Å². The molecule has 1 aromatic rings. The van der Waals surface area contributed by atoms with Gasteiger partial charge in [-0.3, -0.25) is 4.79 Å². The first kappa shape index (κ1) is 16.8. The van der Waals surface area contributed by atoms with Crippen LogP contribution in [0.15, 0.2) is 30.0 Å². The molecule has 1 amide bonds. The molecule has 0 aliphatic rings. The van der Waals surface area contributed by atoms with Crippen molar-refractivity contribution in [3.05, 3.63) is 47.2 Å². The van der Waals surface area contributed by atoms with Gasteiger partial charge in [0, 0.05) is 0 Å². The maximum atomic E-state index is 13.5. The molecule has 0 saturated heterocycles. The number of esters is 1. The fraction of sp³-hybridized carbons (Fsp3) is 0.333. The van der Waals surface area contributed by atoms with E-state index in [9.17, 15) is 18.4 Å². The first-order valence-electron chi connectivity index (χ1n) is 6.53. The molecule has 1 aromatic carbocycles. The van der Waals surface area contributed by atoms with E-state index in [1.807, 2.05) is 0 Å². The van der Waals surface area contributed by atoms with Crippen molar-refractivity contribution in [3.8, 4) is 0 Å². The number of ether oxygens (including phenoxy) is 1. The van der Waals surface area contributed by atoms with E-state index in [1.165, 1.54) is 6.08 Å². The highest BCUT2D eigenvalue weighted by molar-refractivity contribution is 6.01. The zero-order chi connectivity index (χ0) is 16.0. The topological polar surface area (TPSA) is 55.4 Å². The van der Waals surface area contributed by atoms with Gasteiger partial charge in [-0.2, -0.15) is 0 Å². The summed E-state index contributed by atoms with van der Waals surface area (Å²) in [6, 6.07) is 3.08. The highest BCUT2D eigenvalue weighted by atomic mass is 19.1. The minimum Gasteiger partial charge on any atom is -0.458 e. The number of carbonyl (C=O) groups is 2. The molecule has 114 valence electrons. The predicted molar refractivity (Wildman–Crippen MR) is 73.4 cm³/mol. The summed E-state index contributed by atoms with van der Waals surface area (Å²) < 4.78 is 32.0. The van der Waals surface area contributed by atoms with Crippen molar-refractivity contribution < 1.29 is 23.1 Å². The second-order valence-corrected chi connectivity index (χ2v) is 4.53. The van der Waals surface area contributed by atoms with Crippen LogP contribution in [0.4, 0.5) is 8.78 Å². The van der Waals surface area contributed by atoms with Crippen LogP contribution in [0.2, 0.25) is 0 Å². The Morgan fingerprint density at radius 2 is 1.86 bits per heavy atom. The van der Waals surface area contributed by atoms with Gasteiger partial charge in [0.1, 0.15) is 22.9 Å². The van der Waals surface area contributed by atoms with Crippen LogP contribution < -0.4 is 5.32 Å². The summed E-state index contributed by atoms with van der Waals surface area (Å²) >= 11 is 0. The standard InChI is InChI=1S/C15H17F2NO3/c1-4-6-12(15(20)21-9(2)3)18-14(19)13-10(16)7-5-8-11(13)17/h5-9H,4H2,1-3H3,(H,18,19)/b12-6-. The molecule has 0 aromatic heterocycles. The van der Waals surface area contributed by atoms with Crippen molar-refractivity contribution in [3.63, 3.8) is 0 Å². The van der Waals surface area contributed by atoms with Gasteiger partial charge in [-0.25, -0.2) is 13.6 Å². The number of nitrogens with one attached hydrogen (secondary N) is 1. The van der Waals surface area contributed by atoms with Gasteiger partial charge >= 0.3 is 5.97 Å².